The Morgan fingerprint density at radius 3 is 2.84 bits per heavy atom. The lowest BCUT2D eigenvalue weighted by Crippen LogP contribution is -2.33. The van der Waals surface area contributed by atoms with Crippen molar-refractivity contribution >= 4 is 28.5 Å². The monoisotopic (exact) mass is 433 g/mol. The highest BCUT2D eigenvalue weighted by Crippen LogP contribution is 2.38. The molecule has 0 unspecified atom stereocenters. The first-order valence-electron chi connectivity index (χ1n) is 10.5. The summed E-state index contributed by atoms with van der Waals surface area (Å²) in [6.45, 7) is 6.84. The van der Waals surface area contributed by atoms with Gasteiger partial charge in [0.1, 0.15) is 5.82 Å². The van der Waals surface area contributed by atoms with Gasteiger partial charge in [0.25, 0.3) is 5.91 Å². The number of rotatable bonds is 3. The average Bonchev–Trinajstić information content (AvgIpc) is 3.47. The molecule has 5 rings (SSSR count). The fourth-order valence-corrected chi connectivity index (χ4v) is 4.64. The van der Waals surface area contributed by atoms with Gasteiger partial charge in [-0.2, -0.15) is 5.10 Å². The number of nitrogens with one attached hydrogen (secondary N) is 1. The molecule has 0 bridgehead atoms. The zero-order chi connectivity index (χ0) is 21.7. The van der Waals surface area contributed by atoms with Crippen LogP contribution in [0.5, 0.6) is 0 Å². The van der Waals surface area contributed by atoms with Gasteiger partial charge in [-0.25, -0.2) is 9.67 Å². The Hall–Kier alpha value is -3.12. The standard InChI is InChI=1S/C24H24ClN5O/c1-14-5-6-21(30-9-4-8-26-30)17(11-14)24(31)29-10-7-15(2)22(29)23-27-19-12-16(3)18(25)13-20(19)28-23/h4-6,8-9,11-13,15,22H,7,10H2,1-3H3,(H,27,28)/t15-,22-/m0/s1. The van der Waals surface area contributed by atoms with Crippen LogP contribution in [0.15, 0.2) is 48.8 Å². The summed E-state index contributed by atoms with van der Waals surface area (Å²) in [4.78, 5) is 24.0. The second-order valence-corrected chi connectivity index (χ2v) is 8.83. The number of carbonyl (C=O) groups is 1. The lowest BCUT2D eigenvalue weighted by molar-refractivity contribution is 0.0714. The fourth-order valence-electron chi connectivity index (χ4n) is 4.48. The smallest absolute Gasteiger partial charge is 0.256 e. The molecule has 0 radical (unpaired) electrons. The van der Waals surface area contributed by atoms with Crippen LogP contribution >= 0.6 is 11.6 Å². The summed E-state index contributed by atoms with van der Waals surface area (Å²) in [7, 11) is 0. The SMILES string of the molecule is Cc1ccc(-n2cccn2)c(C(=O)N2CC[C@H](C)[C@H]2c2nc3cc(Cl)c(C)cc3[nH]2)c1. The maximum atomic E-state index is 13.8. The Morgan fingerprint density at radius 2 is 2.06 bits per heavy atom. The number of hydrogen-bond donors (Lipinski definition) is 1. The van der Waals surface area contributed by atoms with Gasteiger partial charge in [-0.15, -0.1) is 0 Å². The van der Waals surface area contributed by atoms with E-state index in [9.17, 15) is 4.79 Å². The highest BCUT2D eigenvalue weighted by molar-refractivity contribution is 6.32. The lowest BCUT2D eigenvalue weighted by atomic mass is 10.0. The number of aromatic amines is 1. The molecule has 4 aromatic rings. The number of aryl methyl sites for hydroxylation is 2. The first-order chi connectivity index (χ1) is 14.9. The molecular formula is C24H24ClN5O. The number of H-pyrrole nitrogens is 1. The maximum Gasteiger partial charge on any atom is 0.256 e. The number of imidazole rings is 1. The largest absolute Gasteiger partial charge is 0.340 e. The molecule has 0 saturated carbocycles. The fraction of sp³-hybridized carbons (Fsp3) is 0.292. The summed E-state index contributed by atoms with van der Waals surface area (Å²) >= 11 is 6.30. The molecule has 0 aliphatic carbocycles. The normalized spacial score (nSPS) is 18.8. The van der Waals surface area contributed by atoms with Gasteiger partial charge in [0.15, 0.2) is 0 Å². The minimum Gasteiger partial charge on any atom is -0.340 e. The summed E-state index contributed by atoms with van der Waals surface area (Å²) in [5, 5.41) is 5.03. The molecule has 1 N–H and O–H groups in total. The zero-order valence-corrected chi connectivity index (χ0v) is 18.5. The van der Waals surface area contributed by atoms with Crippen LogP contribution in [0.1, 0.15) is 46.7 Å². The van der Waals surface area contributed by atoms with Crippen molar-refractivity contribution in [2.75, 3.05) is 6.54 Å². The van der Waals surface area contributed by atoms with Gasteiger partial charge < -0.3 is 9.88 Å². The zero-order valence-electron chi connectivity index (χ0n) is 17.8. The van der Waals surface area contributed by atoms with Gasteiger partial charge in [-0.1, -0.05) is 30.2 Å². The number of amides is 1. The molecule has 6 nitrogen and oxygen atoms in total. The summed E-state index contributed by atoms with van der Waals surface area (Å²) in [5.41, 5.74) is 5.24. The van der Waals surface area contributed by atoms with Crippen LogP contribution < -0.4 is 0 Å². The Kier molecular flexibility index (Phi) is 4.82. The van der Waals surface area contributed by atoms with Crippen molar-refractivity contribution in [2.24, 2.45) is 5.92 Å². The van der Waals surface area contributed by atoms with E-state index >= 15 is 0 Å². The Balaban J connectivity index is 1.56. The van der Waals surface area contributed by atoms with Crippen molar-refractivity contribution in [2.45, 2.75) is 33.2 Å². The van der Waals surface area contributed by atoms with Crippen molar-refractivity contribution < 1.29 is 4.79 Å². The predicted molar refractivity (Wildman–Crippen MR) is 122 cm³/mol. The molecule has 31 heavy (non-hydrogen) atoms. The average molecular weight is 434 g/mol. The topological polar surface area (TPSA) is 66.8 Å². The molecule has 2 atom stereocenters. The Morgan fingerprint density at radius 1 is 1.23 bits per heavy atom. The van der Waals surface area contributed by atoms with Gasteiger partial charge in [0.2, 0.25) is 0 Å². The Bertz CT molecular complexity index is 1240. The molecule has 2 aromatic heterocycles. The van der Waals surface area contributed by atoms with E-state index in [4.69, 9.17) is 16.6 Å². The molecular weight excluding hydrogens is 410 g/mol. The van der Waals surface area contributed by atoms with Crippen molar-refractivity contribution in [1.82, 2.24) is 24.6 Å². The number of nitrogens with zero attached hydrogens (tertiary/aromatic N) is 4. The van der Waals surface area contributed by atoms with E-state index < -0.39 is 0 Å². The second kappa shape index (κ2) is 7.54. The lowest BCUT2D eigenvalue weighted by Gasteiger charge is -2.26. The van der Waals surface area contributed by atoms with Crippen LogP contribution in [-0.2, 0) is 0 Å². The van der Waals surface area contributed by atoms with Crippen LogP contribution in [0.25, 0.3) is 16.7 Å². The number of hydrogen-bond acceptors (Lipinski definition) is 3. The minimum absolute atomic E-state index is 0.00165. The van der Waals surface area contributed by atoms with Crippen molar-refractivity contribution in [3.63, 3.8) is 0 Å². The van der Waals surface area contributed by atoms with Crippen molar-refractivity contribution in [3.8, 4) is 5.69 Å². The van der Waals surface area contributed by atoms with E-state index in [2.05, 4.69) is 17.0 Å². The maximum absolute atomic E-state index is 13.8. The predicted octanol–water partition coefficient (Wildman–Crippen LogP) is 5.24. The first-order valence-corrected chi connectivity index (χ1v) is 10.9. The molecule has 1 amide bonds. The van der Waals surface area contributed by atoms with Crippen LogP contribution in [-0.4, -0.2) is 37.1 Å². The minimum atomic E-state index is -0.120. The second-order valence-electron chi connectivity index (χ2n) is 8.42. The third-order valence-electron chi connectivity index (χ3n) is 6.16. The molecule has 2 aromatic carbocycles. The number of likely N-dealkylation sites (tertiary alicyclic amines) is 1. The van der Waals surface area contributed by atoms with E-state index in [0.717, 1.165) is 40.1 Å². The molecule has 158 valence electrons. The number of aromatic nitrogens is 4. The molecule has 7 heteroatoms. The molecule has 1 aliphatic heterocycles. The number of fused-ring (bicyclic) bond motifs is 1. The number of benzene rings is 2. The third kappa shape index (κ3) is 3.41. The van der Waals surface area contributed by atoms with E-state index in [0.29, 0.717) is 23.0 Å². The third-order valence-corrected chi connectivity index (χ3v) is 6.56. The molecule has 1 saturated heterocycles. The van der Waals surface area contributed by atoms with E-state index in [1.807, 2.05) is 61.3 Å². The highest BCUT2D eigenvalue weighted by Gasteiger charge is 2.38. The van der Waals surface area contributed by atoms with E-state index in [1.165, 1.54) is 0 Å². The van der Waals surface area contributed by atoms with Crippen molar-refractivity contribution in [3.05, 3.63) is 76.3 Å². The quantitative estimate of drug-likeness (QED) is 0.480. The molecule has 3 heterocycles. The summed E-state index contributed by atoms with van der Waals surface area (Å²) < 4.78 is 1.74. The van der Waals surface area contributed by atoms with Crippen LogP contribution in [0.4, 0.5) is 0 Å². The molecule has 1 aliphatic rings. The number of halogens is 1. The van der Waals surface area contributed by atoms with Crippen LogP contribution in [0, 0.1) is 19.8 Å². The molecule has 0 spiro atoms. The van der Waals surface area contributed by atoms with Gasteiger partial charge >= 0.3 is 0 Å². The Labute approximate surface area is 185 Å². The van der Waals surface area contributed by atoms with Crippen LogP contribution in [0.3, 0.4) is 0 Å². The highest BCUT2D eigenvalue weighted by atomic mass is 35.5. The van der Waals surface area contributed by atoms with E-state index in [-0.39, 0.29) is 11.9 Å². The molecule has 1 fully saturated rings. The first kappa shape index (κ1) is 19.8. The summed E-state index contributed by atoms with van der Waals surface area (Å²) in [6.07, 6.45) is 4.50. The number of carbonyl (C=O) groups excluding carboxylic acids is 1. The van der Waals surface area contributed by atoms with Gasteiger partial charge in [-0.3, -0.25) is 4.79 Å². The summed E-state index contributed by atoms with van der Waals surface area (Å²) in [6, 6.07) is 11.5. The van der Waals surface area contributed by atoms with Gasteiger partial charge in [0.05, 0.1) is 28.3 Å². The van der Waals surface area contributed by atoms with Crippen LogP contribution in [0.2, 0.25) is 5.02 Å². The van der Waals surface area contributed by atoms with Crippen molar-refractivity contribution in [1.29, 1.82) is 0 Å². The van der Waals surface area contributed by atoms with E-state index in [1.54, 1.807) is 10.9 Å². The summed E-state index contributed by atoms with van der Waals surface area (Å²) in [5.74, 6) is 1.10. The van der Waals surface area contributed by atoms with Gasteiger partial charge in [-0.05, 0) is 62.1 Å². The van der Waals surface area contributed by atoms with Gasteiger partial charge in [0, 0.05) is 24.0 Å².